The van der Waals surface area contributed by atoms with Crippen LogP contribution >= 0.6 is 0 Å². The van der Waals surface area contributed by atoms with E-state index in [9.17, 15) is 18.0 Å². The zero-order chi connectivity index (χ0) is 27.0. The summed E-state index contributed by atoms with van der Waals surface area (Å²) in [7, 11) is -3.84. The van der Waals surface area contributed by atoms with Gasteiger partial charge in [0.05, 0.1) is 11.9 Å². The molecule has 202 valence electrons. The molecular weight excluding hydrogens is 494 g/mol. The highest BCUT2D eigenvalue weighted by molar-refractivity contribution is 7.92. The average molecular weight is 532 g/mol. The Hall–Kier alpha value is -3.27. The maximum Gasteiger partial charge on any atom is 0.244 e. The predicted molar refractivity (Wildman–Crippen MR) is 143 cm³/mol. The molecule has 0 unspecified atom stereocenters. The van der Waals surface area contributed by atoms with Gasteiger partial charge in [0.1, 0.15) is 25.8 Å². The Morgan fingerprint density at radius 3 is 2.41 bits per heavy atom. The zero-order valence-electron chi connectivity index (χ0n) is 22.0. The molecule has 0 fully saturated rings. The van der Waals surface area contributed by atoms with E-state index in [0.717, 1.165) is 34.5 Å². The number of fused-ring (bicyclic) bond motifs is 1. The van der Waals surface area contributed by atoms with Crippen molar-refractivity contribution in [2.75, 3.05) is 36.9 Å². The molecule has 3 rings (SSSR count). The number of rotatable bonds is 12. The second-order valence-electron chi connectivity index (χ2n) is 9.11. The van der Waals surface area contributed by atoms with E-state index in [4.69, 9.17) is 9.47 Å². The summed E-state index contributed by atoms with van der Waals surface area (Å²) in [6.07, 6.45) is 3.21. The minimum atomic E-state index is -3.84. The first-order chi connectivity index (χ1) is 17.7. The van der Waals surface area contributed by atoms with Crippen LogP contribution < -0.4 is 19.1 Å². The summed E-state index contributed by atoms with van der Waals surface area (Å²) in [6.45, 7) is 6.83. The number of hydrogen-bond donors (Lipinski definition) is 1. The van der Waals surface area contributed by atoms with Gasteiger partial charge in [0.25, 0.3) is 0 Å². The summed E-state index contributed by atoms with van der Waals surface area (Å²) in [5.74, 6) is 0.221. The summed E-state index contributed by atoms with van der Waals surface area (Å²) in [4.78, 5) is 28.4. The summed E-state index contributed by atoms with van der Waals surface area (Å²) in [5, 5.41) is 2.92. The minimum absolute atomic E-state index is 0.184. The first-order valence-corrected chi connectivity index (χ1v) is 14.5. The Kier molecular flexibility index (Phi) is 9.79. The fourth-order valence-electron chi connectivity index (χ4n) is 4.20. The van der Waals surface area contributed by atoms with E-state index in [1.165, 1.54) is 4.90 Å². The van der Waals surface area contributed by atoms with E-state index >= 15 is 0 Å². The van der Waals surface area contributed by atoms with Crippen LogP contribution in [0.4, 0.5) is 5.69 Å². The van der Waals surface area contributed by atoms with Gasteiger partial charge in [0.2, 0.25) is 21.8 Å². The monoisotopic (exact) mass is 531 g/mol. The number of nitrogens with zero attached hydrogens (tertiary/aromatic N) is 2. The number of nitrogens with one attached hydrogen (secondary N) is 1. The van der Waals surface area contributed by atoms with Crippen molar-refractivity contribution in [3.8, 4) is 11.5 Å². The molecule has 1 atom stereocenters. The number of anilines is 1. The second kappa shape index (κ2) is 12.8. The van der Waals surface area contributed by atoms with Gasteiger partial charge in [-0.05, 0) is 43.0 Å². The number of unbranched alkanes of at least 4 members (excludes halogenated alkanes) is 1. The van der Waals surface area contributed by atoms with Gasteiger partial charge in [-0.15, -0.1) is 0 Å². The summed E-state index contributed by atoms with van der Waals surface area (Å²) in [6, 6.07) is 11.7. The van der Waals surface area contributed by atoms with Gasteiger partial charge in [0, 0.05) is 19.2 Å². The lowest BCUT2D eigenvalue weighted by Crippen LogP contribution is -2.52. The molecule has 37 heavy (non-hydrogen) atoms. The number of benzene rings is 2. The van der Waals surface area contributed by atoms with Gasteiger partial charge >= 0.3 is 0 Å². The van der Waals surface area contributed by atoms with E-state index in [2.05, 4.69) is 5.32 Å². The van der Waals surface area contributed by atoms with Gasteiger partial charge in [-0.25, -0.2) is 8.42 Å². The van der Waals surface area contributed by atoms with E-state index in [0.29, 0.717) is 37.7 Å². The Labute approximate surface area is 219 Å². The van der Waals surface area contributed by atoms with Crippen LogP contribution in [0.2, 0.25) is 0 Å². The summed E-state index contributed by atoms with van der Waals surface area (Å²) < 4.78 is 37.8. The molecule has 0 saturated heterocycles. The Morgan fingerprint density at radius 1 is 1.05 bits per heavy atom. The van der Waals surface area contributed by atoms with Crippen LogP contribution in [-0.4, -0.2) is 63.7 Å². The molecule has 0 radical (unpaired) electrons. The maximum atomic E-state index is 13.8. The van der Waals surface area contributed by atoms with Crippen molar-refractivity contribution in [2.24, 2.45) is 0 Å². The number of carbonyl (C=O) groups is 2. The van der Waals surface area contributed by atoms with E-state index in [-0.39, 0.29) is 18.1 Å². The Bertz CT molecular complexity index is 1200. The molecule has 1 heterocycles. The summed E-state index contributed by atoms with van der Waals surface area (Å²) >= 11 is 0. The van der Waals surface area contributed by atoms with Crippen LogP contribution in [-0.2, 0) is 26.2 Å². The number of carbonyl (C=O) groups excluding carboxylic acids is 2. The quantitative estimate of drug-likeness (QED) is 0.422. The second-order valence-corrected chi connectivity index (χ2v) is 11.0. The molecule has 0 aromatic heterocycles. The van der Waals surface area contributed by atoms with Gasteiger partial charge in [0.15, 0.2) is 11.5 Å². The molecular formula is C27H37N3O6S. The van der Waals surface area contributed by atoms with E-state index in [1.807, 2.05) is 45.0 Å². The minimum Gasteiger partial charge on any atom is -0.486 e. The fraction of sp³-hybridized carbons (Fsp3) is 0.481. The number of hydrogen-bond acceptors (Lipinski definition) is 6. The first-order valence-electron chi connectivity index (χ1n) is 12.6. The highest BCUT2D eigenvalue weighted by Gasteiger charge is 2.32. The summed E-state index contributed by atoms with van der Waals surface area (Å²) in [5.41, 5.74) is 2.16. The van der Waals surface area contributed by atoms with Crippen molar-refractivity contribution >= 4 is 27.5 Å². The zero-order valence-corrected chi connectivity index (χ0v) is 22.8. The molecule has 0 aliphatic carbocycles. The third-order valence-electron chi connectivity index (χ3n) is 6.31. The van der Waals surface area contributed by atoms with Crippen molar-refractivity contribution in [2.45, 2.75) is 52.6 Å². The molecule has 0 bridgehead atoms. The molecule has 0 spiro atoms. The van der Waals surface area contributed by atoms with Crippen molar-refractivity contribution in [1.29, 1.82) is 0 Å². The van der Waals surface area contributed by atoms with Crippen molar-refractivity contribution in [1.82, 2.24) is 10.2 Å². The standard InChI is InChI=1S/C27H37N3O6S/c1-5-7-14-28-27(32)23(6-2)29(18-21-11-9-8-10-20(21)3)26(31)19-30(37(4,33)34)22-12-13-24-25(17-22)36-16-15-35-24/h8-13,17,23H,5-7,14-16,18-19H2,1-4H3,(H,28,32)/t23-/m0/s1. The third kappa shape index (κ3) is 7.38. The lowest BCUT2D eigenvalue weighted by molar-refractivity contribution is -0.140. The lowest BCUT2D eigenvalue weighted by Gasteiger charge is -2.33. The molecule has 2 aromatic rings. The molecule has 1 N–H and O–H groups in total. The average Bonchev–Trinajstić information content (AvgIpc) is 2.87. The van der Waals surface area contributed by atoms with Crippen LogP contribution in [0.25, 0.3) is 0 Å². The van der Waals surface area contributed by atoms with Crippen molar-refractivity contribution in [3.63, 3.8) is 0 Å². The van der Waals surface area contributed by atoms with Gasteiger partial charge in [-0.1, -0.05) is 44.5 Å². The number of amides is 2. The predicted octanol–water partition coefficient (Wildman–Crippen LogP) is 3.26. The highest BCUT2D eigenvalue weighted by atomic mass is 32.2. The smallest absolute Gasteiger partial charge is 0.244 e. The third-order valence-corrected chi connectivity index (χ3v) is 7.45. The number of ether oxygens (including phenoxy) is 2. The molecule has 0 saturated carbocycles. The maximum absolute atomic E-state index is 13.8. The molecule has 2 aromatic carbocycles. The fourth-order valence-corrected chi connectivity index (χ4v) is 5.04. The molecule has 1 aliphatic rings. The Morgan fingerprint density at radius 2 is 1.76 bits per heavy atom. The molecule has 2 amide bonds. The molecule has 9 nitrogen and oxygen atoms in total. The van der Waals surface area contributed by atoms with Crippen molar-refractivity contribution in [3.05, 3.63) is 53.6 Å². The van der Waals surface area contributed by atoms with Gasteiger partial charge in [-0.3, -0.25) is 13.9 Å². The molecule has 10 heteroatoms. The normalized spacial score (nSPS) is 13.5. The SMILES string of the molecule is CCCCNC(=O)[C@H](CC)N(Cc1ccccc1C)C(=O)CN(c1ccc2c(c1)OCCO2)S(C)(=O)=O. The van der Waals surface area contributed by atoms with Crippen LogP contribution in [0.5, 0.6) is 11.5 Å². The lowest BCUT2D eigenvalue weighted by atomic mass is 10.1. The van der Waals surface area contributed by atoms with Gasteiger partial charge in [-0.2, -0.15) is 0 Å². The van der Waals surface area contributed by atoms with Crippen molar-refractivity contribution < 1.29 is 27.5 Å². The van der Waals surface area contributed by atoms with Crippen LogP contribution in [0.1, 0.15) is 44.2 Å². The van der Waals surface area contributed by atoms with E-state index < -0.39 is 28.5 Å². The highest BCUT2D eigenvalue weighted by Crippen LogP contribution is 2.34. The topological polar surface area (TPSA) is 105 Å². The van der Waals surface area contributed by atoms with E-state index in [1.54, 1.807) is 18.2 Å². The van der Waals surface area contributed by atoms with Crippen LogP contribution in [0, 0.1) is 6.92 Å². The number of aryl methyl sites for hydroxylation is 1. The Balaban J connectivity index is 1.93. The van der Waals surface area contributed by atoms with Crippen LogP contribution in [0.15, 0.2) is 42.5 Å². The molecule has 1 aliphatic heterocycles. The number of sulfonamides is 1. The largest absolute Gasteiger partial charge is 0.486 e. The van der Waals surface area contributed by atoms with Gasteiger partial charge < -0.3 is 19.7 Å². The van der Waals surface area contributed by atoms with Crippen LogP contribution in [0.3, 0.4) is 0 Å². The first kappa shape index (κ1) is 28.3.